The van der Waals surface area contributed by atoms with Gasteiger partial charge in [-0.25, -0.2) is 4.98 Å². The van der Waals surface area contributed by atoms with Gasteiger partial charge >= 0.3 is 0 Å². The van der Waals surface area contributed by atoms with E-state index in [1.165, 1.54) is 0 Å². The summed E-state index contributed by atoms with van der Waals surface area (Å²) in [7, 11) is 1.72. The summed E-state index contributed by atoms with van der Waals surface area (Å²) in [6.45, 7) is 2.34. The molecule has 2 aromatic rings. The number of aryl methyl sites for hydroxylation is 1. The largest absolute Gasteiger partial charge is 0.391 e. The number of likely N-dealkylation sites (N-methyl/N-ethyl adjacent to an activating group) is 1. The molecule has 112 valence electrons. The molecule has 0 spiro atoms. The number of H-pyrrole nitrogens is 1. The maximum atomic E-state index is 12.3. The van der Waals surface area contributed by atoms with Crippen molar-refractivity contribution in [2.45, 2.75) is 25.9 Å². The average Bonchev–Trinajstić information content (AvgIpc) is 3.04. The lowest BCUT2D eigenvalue weighted by Gasteiger charge is -2.20. The second kappa shape index (κ2) is 5.61. The van der Waals surface area contributed by atoms with Crippen LogP contribution in [-0.4, -0.2) is 45.6 Å². The lowest BCUT2D eigenvalue weighted by Crippen LogP contribution is -2.35. The molecule has 0 saturated heterocycles. The predicted molar refractivity (Wildman–Crippen MR) is 82.3 cm³/mol. The van der Waals surface area contributed by atoms with Crippen LogP contribution in [0.25, 0.3) is 11.3 Å². The van der Waals surface area contributed by atoms with E-state index in [4.69, 9.17) is 0 Å². The van der Waals surface area contributed by atoms with Gasteiger partial charge in [-0.2, -0.15) is 0 Å². The van der Waals surface area contributed by atoms with Gasteiger partial charge in [0.2, 0.25) is 0 Å². The van der Waals surface area contributed by atoms with E-state index in [2.05, 4.69) is 9.97 Å². The average molecular weight is 305 g/mol. The van der Waals surface area contributed by atoms with Crippen LogP contribution in [-0.2, 0) is 0 Å². The fourth-order valence-electron chi connectivity index (χ4n) is 2.36. The van der Waals surface area contributed by atoms with E-state index in [9.17, 15) is 9.90 Å². The quantitative estimate of drug-likeness (QED) is 0.890. The first-order chi connectivity index (χ1) is 10.0. The fraction of sp³-hybridized carbons (Fsp3) is 0.467. The molecule has 0 bridgehead atoms. The van der Waals surface area contributed by atoms with Gasteiger partial charge in [0.15, 0.2) is 0 Å². The van der Waals surface area contributed by atoms with E-state index in [1.807, 2.05) is 18.4 Å². The van der Waals surface area contributed by atoms with E-state index in [1.54, 1.807) is 29.5 Å². The van der Waals surface area contributed by atoms with Gasteiger partial charge in [-0.1, -0.05) is 0 Å². The van der Waals surface area contributed by atoms with Gasteiger partial charge < -0.3 is 15.0 Å². The normalized spacial score (nSPS) is 16.0. The van der Waals surface area contributed by atoms with Crippen LogP contribution >= 0.6 is 11.3 Å². The van der Waals surface area contributed by atoms with Crippen LogP contribution < -0.4 is 0 Å². The van der Waals surface area contributed by atoms with Crippen LogP contribution in [0.2, 0.25) is 0 Å². The minimum absolute atomic E-state index is 0.104. The van der Waals surface area contributed by atoms with E-state index in [0.29, 0.717) is 18.2 Å². The lowest BCUT2D eigenvalue weighted by molar-refractivity contribution is 0.0641. The number of thiazole rings is 1. The molecule has 5 nitrogen and oxygen atoms in total. The van der Waals surface area contributed by atoms with Crippen molar-refractivity contribution in [2.24, 2.45) is 5.92 Å². The topological polar surface area (TPSA) is 69.2 Å². The molecule has 21 heavy (non-hydrogen) atoms. The molecule has 1 unspecified atom stereocenters. The third-order valence-corrected chi connectivity index (χ3v) is 4.58. The van der Waals surface area contributed by atoms with Crippen molar-refractivity contribution in [1.29, 1.82) is 0 Å². The zero-order valence-electron chi connectivity index (χ0n) is 12.2. The highest BCUT2D eigenvalue weighted by Gasteiger charge is 2.31. The number of rotatable bonds is 5. The maximum Gasteiger partial charge on any atom is 0.270 e. The highest BCUT2D eigenvalue weighted by Crippen LogP contribution is 2.32. The number of aliphatic hydroxyl groups excluding tert-OH is 1. The summed E-state index contributed by atoms with van der Waals surface area (Å²) in [5.41, 5.74) is 2.33. The van der Waals surface area contributed by atoms with Crippen LogP contribution in [0.1, 0.15) is 28.3 Å². The Labute approximate surface area is 127 Å². The molecule has 2 heterocycles. The first-order valence-corrected chi connectivity index (χ1v) is 7.97. The number of carbonyl (C=O) groups is 1. The third kappa shape index (κ3) is 3.16. The Morgan fingerprint density at radius 3 is 3.00 bits per heavy atom. The van der Waals surface area contributed by atoms with Crippen LogP contribution in [0.3, 0.4) is 0 Å². The Hall–Kier alpha value is -1.66. The van der Waals surface area contributed by atoms with Gasteiger partial charge in [0, 0.05) is 30.7 Å². The number of hydrogen-bond donors (Lipinski definition) is 2. The van der Waals surface area contributed by atoms with Gasteiger partial charge in [0.05, 0.1) is 16.8 Å². The number of nitrogens with one attached hydrogen (secondary N) is 1. The molecule has 1 atom stereocenters. The molecular weight excluding hydrogens is 286 g/mol. The van der Waals surface area contributed by atoms with Gasteiger partial charge in [-0.3, -0.25) is 4.79 Å². The number of aromatic amines is 1. The van der Waals surface area contributed by atoms with Crippen LogP contribution in [0.4, 0.5) is 0 Å². The first-order valence-electron chi connectivity index (χ1n) is 7.09. The lowest BCUT2D eigenvalue weighted by atomic mass is 10.2. The van der Waals surface area contributed by atoms with Crippen molar-refractivity contribution in [1.82, 2.24) is 14.9 Å². The Kier molecular flexibility index (Phi) is 3.82. The molecule has 6 heteroatoms. The summed E-state index contributed by atoms with van der Waals surface area (Å²) >= 11 is 1.59. The Bertz CT molecular complexity index is 645. The standard InChI is InChI=1S/C15H19N3O2S/c1-9-17-13(8-21-9)11-5-12(16-6-11)15(20)18(2)7-14(19)10-3-4-10/h5-6,8,10,14,16,19H,3-4,7H2,1-2H3. The minimum Gasteiger partial charge on any atom is -0.391 e. The van der Waals surface area contributed by atoms with Gasteiger partial charge in [0.1, 0.15) is 5.69 Å². The smallest absolute Gasteiger partial charge is 0.270 e. The summed E-state index contributed by atoms with van der Waals surface area (Å²) in [4.78, 5) is 21.3. The number of carbonyl (C=O) groups excluding carboxylic acids is 1. The second-order valence-electron chi connectivity index (χ2n) is 5.64. The van der Waals surface area contributed by atoms with Gasteiger partial charge in [-0.15, -0.1) is 11.3 Å². The van der Waals surface area contributed by atoms with E-state index >= 15 is 0 Å². The van der Waals surface area contributed by atoms with Crippen molar-refractivity contribution in [2.75, 3.05) is 13.6 Å². The van der Waals surface area contributed by atoms with E-state index in [0.717, 1.165) is 29.1 Å². The summed E-state index contributed by atoms with van der Waals surface area (Å²) in [6.07, 6.45) is 3.53. The number of amides is 1. The molecule has 0 aromatic carbocycles. The van der Waals surface area contributed by atoms with Gasteiger partial charge in [-0.05, 0) is 31.7 Å². The molecule has 0 aliphatic heterocycles. The molecule has 1 amide bonds. The number of hydrogen-bond acceptors (Lipinski definition) is 4. The molecular formula is C15H19N3O2S. The Balaban J connectivity index is 1.68. The summed E-state index contributed by atoms with van der Waals surface area (Å²) in [6, 6.07) is 1.82. The van der Waals surface area contributed by atoms with Crippen molar-refractivity contribution < 1.29 is 9.90 Å². The van der Waals surface area contributed by atoms with Crippen molar-refractivity contribution in [3.63, 3.8) is 0 Å². The van der Waals surface area contributed by atoms with Crippen molar-refractivity contribution in [3.05, 3.63) is 28.3 Å². The highest BCUT2D eigenvalue weighted by atomic mass is 32.1. The molecule has 2 N–H and O–H groups in total. The van der Waals surface area contributed by atoms with Crippen molar-refractivity contribution >= 4 is 17.2 Å². The molecule has 1 fully saturated rings. The fourth-order valence-corrected chi connectivity index (χ4v) is 2.98. The van der Waals surface area contributed by atoms with Gasteiger partial charge in [0.25, 0.3) is 5.91 Å². The van der Waals surface area contributed by atoms with Crippen LogP contribution in [0, 0.1) is 12.8 Å². The predicted octanol–water partition coefficient (Wildman–Crippen LogP) is 2.29. The second-order valence-corrected chi connectivity index (χ2v) is 6.71. The number of aromatic nitrogens is 2. The van der Waals surface area contributed by atoms with E-state index < -0.39 is 6.10 Å². The minimum atomic E-state index is -0.408. The number of nitrogens with zero attached hydrogens (tertiary/aromatic N) is 2. The monoisotopic (exact) mass is 305 g/mol. The zero-order valence-corrected chi connectivity index (χ0v) is 13.0. The molecule has 2 aromatic heterocycles. The molecule has 1 aliphatic rings. The SMILES string of the molecule is Cc1nc(-c2c[nH]c(C(=O)N(C)CC(O)C3CC3)c2)cs1. The first kappa shape index (κ1) is 14.3. The molecule has 1 aliphatic carbocycles. The van der Waals surface area contributed by atoms with Crippen LogP contribution in [0.5, 0.6) is 0 Å². The molecule has 0 radical (unpaired) electrons. The summed E-state index contributed by atoms with van der Waals surface area (Å²) in [5, 5.41) is 12.9. The Morgan fingerprint density at radius 1 is 1.62 bits per heavy atom. The molecule has 3 rings (SSSR count). The van der Waals surface area contributed by atoms with E-state index in [-0.39, 0.29) is 5.91 Å². The number of aliphatic hydroxyl groups is 1. The highest BCUT2D eigenvalue weighted by molar-refractivity contribution is 7.09. The third-order valence-electron chi connectivity index (χ3n) is 3.80. The maximum absolute atomic E-state index is 12.3. The summed E-state index contributed by atoms with van der Waals surface area (Å²) < 4.78 is 0. The Morgan fingerprint density at radius 2 is 2.38 bits per heavy atom. The van der Waals surface area contributed by atoms with Crippen LogP contribution in [0.15, 0.2) is 17.6 Å². The molecule has 1 saturated carbocycles. The van der Waals surface area contributed by atoms with Crippen molar-refractivity contribution in [3.8, 4) is 11.3 Å². The summed E-state index contributed by atoms with van der Waals surface area (Å²) in [5.74, 6) is 0.269. The zero-order chi connectivity index (χ0) is 15.0.